The molecule has 0 saturated heterocycles. The van der Waals surface area contributed by atoms with Crippen molar-refractivity contribution in [3.8, 4) is 0 Å². The molecular formula is C11H23NO3. The van der Waals surface area contributed by atoms with Crippen LogP contribution in [0.15, 0.2) is 0 Å². The van der Waals surface area contributed by atoms with Gasteiger partial charge in [0.25, 0.3) is 0 Å². The molecule has 4 heteroatoms. The fourth-order valence-electron chi connectivity index (χ4n) is 1.53. The smallest absolute Gasteiger partial charge is 0.309 e. The molecule has 0 spiro atoms. The highest BCUT2D eigenvalue weighted by Crippen LogP contribution is 2.10. The van der Waals surface area contributed by atoms with Crippen LogP contribution in [0, 0.1) is 5.92 Å². The van der Waals surface area contributed by atoms with E-state index in [2.05, 4.69) is 5.32 Å². The van der Waals surface area contributed by atoms with E-state index in [1.165, 1.54) is 7.11 Å². The molecule has 2 unspecified atom stereocenters. The molecule has 4 nitrogen and oxygen atoms in total. The Kier molecular flexibility index (Phi) is 5.83. The number of hydrogen-bond donors (Lipinski definition) is 1. The van der Waals surface area contributed by atoms with Crippen LogP contribution in [0.3, 0.4) is 0 Å². The molecule has 0 aromatic carbocycles. The predicted molar refractivity (Wildman–Crippen MR) is 59.7 cm³/mol. The van der Waals surface area contributed by atoms with Crippen molar-refractivity contribution in [3.05, 3.63) is 0 Å². The van der Waals surface area contributed by atoms with Gasteiger partial charge in [0.15, 0.2) is 0 Å². The molecule has 0 heterocycles. The molecule has 0 rings (SSSR count). The van der Waals surface area contributed by atoms with E-state index in [-0.39, 0.29) is 23.5 Å². The van der Waals surface area contributed by atoms with E-state index >= 15 is 0 Å². The molecule has 0 aliphatic carbocycles. The van der Waals surface area contributed by atoms with Crippen LogP contribution < -0.4 is 5.32 Å². The van der Waals surface area contributed by atoms with E-state index in [9.17, 15) is 4.79 Å². The van der Waals surface area contributed by atoms with Gasteiger partial charge in [0, 0.05) is 18.7 Å². The Balaban J connectivity index is 4.22. The number of methoxy groups -OCH3 is 2. The zero-order chi connectivity index (χ0) is 12.1. The van der Waals surface area contributed by atoms with Crippen molar-refractivity contribution in [1.29, 1.82) is 0 Å². The Morgan fingerprint density at radius 1 is 1.33 bits per heavy atom. The maximum atomic E-state index is 11.3. The molecule has 90 valence electrons. The van der Waals surface area contributed by atoms with Crippen LogP contribution in [0.4, 0.5) is 0 Å². The first-order chi connectivity index (χ1) is 6.84. The molecule has 2 atom stereocenters. The average Bonchev–Trinajstić information content (AvgIpc) is 2.14. The number of esters is 1. The summed E-state index contributed by atoms with van der Waals surface area (Å²) in [5, 5.41) is 3.35. The minimum Gasteiger partial charge on any atom is -0.469 e. The van der Waals surface area contributed by atoms with E-state index in [4.69, 9.17) is 9.47 Å². The quantitative estimate of drug-likeness (QED) is 0.679. The van der Waals surface area contributed by atoms with Crippen molar-refractivity contribution in [2.24, 2.45) is 5.92 Å². The maximum absolute atomic E-state index is 11.3. The van der Waals surface area contributed by atoms with E-state index in [1.807, 2.05) is 27.7 Å². The monoisotopic (exact) mass is 217 g/mol. The lowest BCUT2D eigenvalue weighted by Gasteiger charge is -2.31. The topological polar surface area (TPSA) is 47.6 Å². The molecule has 0 radical (unpaired) electrons. The molecule has 0 aromatic heterocycles. The largest absolute Gasteiger partial charge is 0.469 e. The number of hydrogen-bond acceptors (Lipinski definition) is 4. The third kappa shape index (κ3) is 5.14. The summed E-state index contributed by atoms with van der Waals surface area (Å²) in [5.74, 6) is -0.352. The highest BCUT2D eigenvalue weighted by molar-refractivity contribution is 5.72. The third-order valence-corrected chi connectivity index (χ3v) is 2.45. The Bertz CT molecular complexity index is 204. The second kappa shape index (κ2) is 6.08. The molecule has 0 fully saturated rings. The van der Waals surface area contributed by atoms with Crippen molar-refractivity contribution in [3.63, 3.8) is 0 Å². The van der Waals surface area contributed by atoms with Gasteiger partial charge in [-0.2, -0.15) is 0 Å². The lowest BCUT2D eigenvalue weighted by Crippen LogP contribution is -2.51. The number of nitrogens with one attached hydrogen (secondary N) is 1. The summed E-state index contributed by atoms with van der Waals surface area (Å²) < 4.78 is 9.79. The lowest BCUT2D eigenvalue weighted by atomic mass is 9.99. The predicted octanol–water partition coefficient (Wildman–Crippen LogP) is 1.20. The van der Waals surface area contributed by atoms with Crippen LogP contribution in [-0.4, -0.2) is 38.4 Å². The average molecular weight is 217 g/mol. The van der Waals surface area contributed by atoms with Crippen LogP contribution in [0.5, 0.6) is 0 Å². The minimum atomic E-state index is -0.191. The van der Waals surface area contributed by atoms with Gasteiger partial charge in [-0.1, -0.05) is 6.92 Å². The molecule has 1 N–H and O–H groups in total. The Morgan fingerprint density at radius 3 is 2.27 bits per heavy atom. The molecule has 0 amide bonds. The van der Waals surface area contributed by atoms with Gasteiger partial charge in [0.2, 0.25) is 0 Å². The van der Waals surface area contributed by atoms with Crippen LogP contribution in [0.2, 0.25) is 0 Å². The van der Waals surface area contributed by atoms with Gasteiger partial charge in [-0.15, -0.1) is 0 Å². The number of ether oxygens (including phenoxy) is 2. The minimum absolute atomic E-state index is 0.0580. The Hall–Kier alpha value is -0.610. The summed E-state index contributed by atoms with van der Waals surface area (Å²) in [4.78, 5) is 11.3. The molecule has 0 bridgehead atoms. The fourth-order valence-corrected chi connectivity index (χ4v) is 1.53. The normalized spacial score (nSPS) is 15.9. The highest BCUT2D eigenvalue weighted by Gasteiger charge is 2.26. The number of carbonyl (C=O) groups is 1. The third-order valence-electron chi connectivity index (χ3n) is 2.45. The first-order valence-electron chi connectivity index (χ1n) is 5.18. The van der Waals surface area contributed by atoms with Crippen LogP contribution in [0.25, 0.3) is 0 Å². The van der Waals surface area contributed by atoms with Gasteiger partial charge in [0.1, 0.15) is 0 Å². The fraction of sp³-hybridized carbons (Fsp3) is 0.909. The van der Waals surface area contributed by atoms with E-state index in [0.717, 1.165) is 0 Å². The zero-order valence-corrected chi connectivity index (χ0v) is 10.6. The molecular weight excluding hydrogens is 194 g/mol. The Morgan fingerprint density at radius 2 is 1.87 bits per heavy atom. The molecule has 0 saturated carbocycles. The highest BCUT2D eigenvalue weighted by atomic mass is 16.5. The van der Waals surface area contributed by atoms with Crippen molar-refractivity contribution < 1.29 is 14.3 Å². The van der Waals surface area contributed by atoms with E-state index in [0.29, 0.717) is 6.61 Å². The van der Waals surface area contributed by atoms with Crippen LogP contribution in [-0.2, 0) is 14.3 Å². The summed E-state index contributed by atoms with van der Waals surface area (Å²) in [7, 11) is 3.07. The Labute approximate surface area is 92.3 Å². The SMILES string of the molecule is COCC(C)(C)NC(C)C(C)C(=O)OC. The number of rotatable bonds is 6. The van der Waals surface area contributed by atoms with Gasteiger partial charge in [-0.05, 0) is 20.8 Å². The van der Waals surface area contributed by atoms with Gasteiger partial charge in [0.05, 0.1) is 19.6 Å². The first-order valence-corrected chi connectivity index (χ1v) is 5.18. The zero-order valence-electron chi connectivity index (χ0n) is 10.6. The van der Waals surface area contributed by atoms with E-state index in [1.54, 1.807) is 7.11 Å². The van der Waals surface area contributed by atoms with Crippen LogP contribution >= 0.6 is 0 Å². The standard InChI is InChI=1S/C11H23NO3/c1-8(10(13)15-6)9(2)12-11(3,4)7-14-5/h8-9,12H,7H2,1-6H3. The van der Waals surface area contributed by atoms with Crippen molar-refractivity contribution >= 4 is 5.97 Å². The van der Waals surface area contributed by atoms with Gasteiger partial charge >= 0.3 is 5.97 Å². The molecule has 15 heavy (non-hydrogen) atoms. The summed E-state index contributed by atoms with van der Waals surface area (Å²) >= 11 is 0. The molecule has 0 aromatic rings. The summed E-state index contributed by atoms with van der Waals surface area (Å²) in [6, 6.07) is 0.0580. The molecule has 0 aliphatic heterocycles. The van der Waals surface area contributed by atoms with Crippen molar-refractivity contribution in [2.45, 2.75) is 39.3 Å². The maximum Gasteiger partial charge on any atom is 0.309 e. The summed E-state index contributed by atoms with van der Waals surface area (Å²) in [6.45, 7) is 8.50. The first kappa shape index (κ1) is 14.4. The number of carbonyl (C=O) groups excluding carboxylic acids is 1. The van der Waals surface area contributed by atoms with Crippen molar-refractivity contribution in [2.75, 3.05) is 20.8 Å². The summed E-state index contributed by atoms with van der Waals surface area (Å²) in [5.41, 5.74) is -0.142. The summed E-state index contributed by atoms with van der Waals surface area (Å²) in [6.07, 6.45) is 0. The van der Waals surface area contributed by atoms with Gasteiger partial charge < -0.3 is 14.8 Å². The van der Waals surface area contributed by atoms with Crippen molar-refractivity contribution in [1.82, 2.24) is 5.32 Å². The van der Waals surface area contributed by atoms with Crippen LogP contribution in [0.1, 0.15) is 27.7 Å². The lowest BCUT2D eigenvalue weighted by molar-refractivity contribution is -0.145. The van der Waals surface area contributed by atoms with Gasteiger partial charge in [-0.25, -0.2) is 0 Å². The second-order valence-electron chi connectivity index (χ2n) is 4.56. The van der Waals surface area contributed by atoms with Gasteiger partial charge in [-0.3, -0.25) is 4.79 Å². The van der Waals surface area contributed by atoms with E-state index < -0.39 is 0 Å². The second-order valence-corrected chi connectivity index (χ2v) is 4.56. The molecule has 0 aliphatic rings.